The van der Waals surface area contributed by atoms with Gasteiger partial charge in [-0.3, -0.25) is 9.67 Å². The van der Waals surface area contributed by atoms with Crippen molar-refractivity contribution in [1.29, 1.82) is 0 Å². The van der Waals surface area contributed by atoms with Crippen LogP contribution in [0.5, 0.6) is 0 Å². The number of guanidine groups is 1. The smallest absolute Gasteiger partial charge is 0.191 e. The maximum atomic E-state index is 4.19. The minimum absolute atomic E-state index is 0.709. The highest BCUT2D eigenvalue weighted by molar-refractivity contribution is 7.09. The molecule has 0 fully saturated rings. The Labute approximate surface area is 111 Å². The number of nitrogens with one attached hydrogen (secondary N) is 2. The predicted molar refractivity (Wildman–Crippen MR) is 74.6 cm³/mol. The van der Waals surface area contributed by atoms with Gasteiger partial charge in [-0.2, -0.15) is 5.10 Å². The molecule has 0 saturated carbocycles. The van der Waals surface area contributed by atoms with E-state index in [1.54, 1.807) is 24.6 Å². The summed E-state index contributed by atoms with van der Waals surface area (Å²) < 4.78 is 1.85. The second kappa shape index (κ2) is 6.20. The fourth-order valence-electron chi connectivity index (χ4n) is 1.55. The topological polar surface area (TPSA) is 54.2 Å². The Morgan fingerprint density at radius 2 is 2.22 bits per heavy atom. The number of aryl methyl sites for hydroxylation is 1. The van der Waals surface area contributed by atoms with E-state index < -0.39 is 0 Å². The van der Waals surface area contributed by atoms with Gasteiger partial charge >= 0.3 is 0 Å². The Morgan fingerprint density at radius 3 is 2.83 bits per heavy atom. The van der Waals surface area contributed by atoms with Crippen molar-refractivity contribution in [1.82, 2.24) is 20.4 Å². The minimum Gasteiger partial charge on any atom is -0.352 e. The Hall–Kier alpha value is -1.82. The van der Waals surface area contributed by atoms with Gasteiger partial charge in [-0.05, 0) is 17.5 Å². The van der Waals surface area contributed by atoms with Crippen molar-refractivity contribution in [3.8, 4) is 0 Å². The van der Waals surface area contributed by atoms with E-state index in [0.717, 1.165) is 18.2 Å². The van der Waals surface area contributed by atoms with Gasteiger partial charge in [0.05, 0.1) is 18.8 Å². The molecule has 0 aromatic carbocycles. The van der Waals surface area contributed by atoms with E-state index in [-0.39, 0.29) is 0 Å². The van der Waals surface area contributed by atoms with Crippen molar-refractivity contribution in [2.75, 3.05) is 7.05 Å². The average Bonchev–Trinajstić information content (AvgIpc) is 3.01. The van der Waals surface area contributed by atoms with Gasteiger partial charge in [0.2, 0.25) is 0 Å². The van der Waals surface area contributed by atoms with Gasteiger partial charge in [0.15, 0.2) is 5.96 Å². The van der Waals surface area contributed by atoms with Gasteiger partial charge in [0, 0.05) is 25.2 Å². The van der Waals surface area contributed by atoms with Gasteiger partial charge in [0.1, 0.15) is 0 Å². The molecule has 5 nitrogen and oxygen atoms in total. The van der Waals surface area contributed by atoms with Gasteiger partial charge in [-0.1, -0.05) is 6.07 Å². The summed E-state index contributed by atoms with van der Waals surface area (Å²) in [5.74, 6) is 0.796. The minimum atomic E-state index is 0.709. The molecule has 2 aromatic rings. The second-order valence-electron chi connectivity index (χ2n) is 3.80. The first-order valence-corrected chi connectivity index (χ1v) is 6.61. The molecule has 0 atom stereocenters. The third kappa shape index (κ3) is 3.33. The standard InChI is InChI=1S/C12H17N5S/c1-13-12(15-9-11-4-3-7-18-11)14-8-10-5-6-16-17(10)2/h3-7H,8-9H2,1-2H3,(H2,13,14,15). The molecule has 0 aliphatic rings. The van der Waals surface area contributed by atoms with Crippen LogP contribution in [0.2, 0.25) is 0 Å². The summed E-state index contributed by atoms with van der Waals surface area (Å²) in [5.41, 5.74) is 1.12. The van der Waals surface area contributed by atoms with Crippen LogP contribution in [0.15, 0.2) is 34.8 Å². The third-order valence-corrected chi connectivity index (χ3v) is 3.47. The van der Waals surface area contributed by atoms with E-state index in [2.05, 4.69) is 32.2 Å². The molecular weight excluding hydrogens is 246 g/mol. The predicted octanol–water partition coefficient (Wildman–Crippen LogP) is 1.35. The summed E-state index contributed by atoms with van der Waals surface area (Å²) in [6.07, 6.45) is 1.79. The molecule has 0 amide bonds. The van der Waals surface area contributed by atoms with Crippen LogP contribution in [0, 0.1) is 0 Å². The van der Waals surface area contributed by atoms with Crippen LogP contribution < -0.4 is 10.6 Å². The van der Waals surface area contributed by atoms with E-state index in [9.17, 15) is 0 Å². The lowest BCUT2D eigenvalue weighted by atomic mass is 10.4. The van der Waals surface area contributed by atoms with Gasteiger partial charge in [0.25, 0.3) is 0 Å². The SMILES string of the molecule is CN=C(NCc1cccs1)NCc1ccnn1C. The third-order valence-electron chi connectivity index (χ3n) is 2.59. The number of aliphatic imine (C=N–C) groups is 1. The monoisotopic (exact) mass is 263 g/mol. The van der Waals surface area contributed by atoms with Gasteiger partial charge in [-0.15, -0.1) is 11.3 Å². The first-order valence-electron chi connectivity index (χ1n) is 5.73. The molecule has 0 unspecified atom stereocenters. The van der Waals surface area contributed by atoms with Crippen LogP contribution in [-0.4, -0.2) is 22.8 Å². The van der Waals surface area contributed by atoms with Crippen LogP contribution in [0.25, 0.3) is 0 Å². The molecule has 2 N–H and O–H groups in total. The first kappa shape index (κ1) is 12.6. The van der Waals surface area contributed by atoms with E-state index >= 15 is 0 Å². The van der Waals surface area contributed by atoms with Crippen molar-refractivity contribution < 1.29 is 0 Å². The number of hydrogen-bond acceptors (Lipinski definition) is 3. The highest BCUT2D eigenvalue weighted by atomic mass is 32.1. The van der Waals surface area contributed by atoms with Crippen LogP contribution in [0.4, 0.5) is 0 Å². The van der Waals surface area contributed by atoms with E-state index in [0.29, 0.717) is 6.54 Å². The molecule has 0 bridgehead atoms. The lowest BCUT2D eigenvalue weighted by Crippen LogP contribution is -2.36. The maximum absolute atomic E-state index is 4.19. The van der Waals surface area contributed by atoms with Crippen LogP contribution >= 0.6 is 11.3 Å². The maximum Gasteiger partial charge on any atom is 0.191 e. The van der Waals surface area contributed by atoms with Gasteiger partial charge < -0.3 is 10.6 Å². The van der Waals surface area contributed by atoms with Crippen molar-refractivity contribution in [2.45, 2.75) is 13.1 Å². The Kier molecular flexibility index (Phi) is 4.35. The lowest BCUT2D eigenvalue weighted by molar-refractivity contribution is 0.685. The summed E-state index contributed by atoms with van der Waals surface area (Å²) in [6, 6.07) is 6.14. The molecule has 2 heterocycles. The van der Waals surface area contributed by atoms with Crippen LogP contribution in [0.1, 0.15) is 10.6 Å². The first-order chi connectivity index (χ1) is 8.79. The number of rotatable bonds is 4. The molecular formula is C12H17N5S. The molecule has 96 valence electrons. The molecule has 2 aromatic heterocycles. The molecule has 0 spiro atoms. The summed E-state index contributed by atoms with van der Waals surface area (Å²) in [4.78, 5) is 5.48. The summed E-state index contributed by atoms with van der Waals surface area (Å²) >= 11 is 1.73. The molecule has 2 rings (SSSR count). The zero-order valence-corrected chi connectivity index (χ0v) is 11.4. The molecule has 0 aliphatic heterocycles. The van der Waals surface area contributed by atoms with Crippen LogP contribution in [-0.2, 0) is 20.1 Å². The number of nitrogens with zero attached hydrogens (tertiary/aromatic N) is 3. The summed E-state index contributed by atoms with van der Waals surface area (Å²) in [5, 5.41) is 12.7. The highest BCUT2D eigenvalue weighted by Gasteiger charge is 2.01. The van der Waals surface area contributed by atoms with Crippen molar-refractivity contribution >= 4 is 17.3 Å². The average molecular weight is 263 g/mol. The number of hydrogen-bond donors (Lipinski definition) is 2. The molecule has 0 saturated heterocycles. The second-order valence-corrected chi connectivity index (χ2v) is 4.84. The molecule has 18 heavy (non-hydrogen) atoms. The van der Waals surface area contributed by atoms with Crippen LogP contribution in [0.3, 0.4) is 0 Å². The Balaban J connectivity index is 1.81. The zero-order valence-electron chi connectivity index (χ0n) is 10.6. The Morgan fingerprint density at radius 1 is 1.39 bits per heavy atom. The van der Waals surface area contributed by atoms with Crippen molar-refractivity contribution in [3.05, 3.63) is 40.3 Å². The fourth-order valence-corrected chi connectivity index (χ4v) is 2.20. The van der Waals surface area contributed by atoms with Crippen molar-refractivity contribution in [2.24, 2.45) is 12.0 Å². The zero-order chi connectivity index (χ0) is 12.8. The highest BCUT2D eigenvalue weighted by Crippen LogP contribution is 2.07. The van der Waals surface area contributed by atoms with E-state index in [1.165, 1.54) is 4.88 Å². The molecule has 6 heteroatoms. The largest absolute Gasteiger partial charge is 0.352 e. The molecule has 0 aliphatic carbocycles. The Bertz CT molecular complexity index is 500. The summed E-state index contributed by atoms with van der Waals surface area (Å²) in [7, 11) is 3.70. The number of thiophene rings is 1. The van der Waals surface area contributed by atoms with Gasteiger partial charge in [-0.25, -0.2) is 0 Å². The lowest BCUT2D eigenvalue weighted by Gasteiger charge is -2.11. The molecule has 0 radical (unpaired) electrons. The van der Waals surface area contributed by atoms with Crippen molar-refractivity contribution in [3.63, 3.8) is 0 Å². The number of aromatic nitrogens is 2. The fraction of sp³-hybridized carbons (Fsp3) is 0.333. The quantitative estimate of drug-likeness (QED) is 0.646. The van der Waals surface area contributed by atoms with E-state index in [4.69, 9.17) is 0 Å². The van der Waals surface area contributed by atoms with E-state index in [1.807, 2.05) is 23.9 Å². The normalized spacial score (nSPS) is 11.6. The summed E-state index contributed by atoms with van der Waals surface area (Å²) in [6.45, 7) is 1.50.